The average Bonchev–Trinajstić information content (AvgIpc) is 3.06. The van der Waals surface area contributed by atoms with Crippen LogP contribution in [-0.2, 0) is 38.1 Å². The van der Waals surface area contributed by atoms with Crippen molar-refractivity contribution in [3.63, 3.8) is 0 Å². The van der Waals surface area contributed by atoms with E-state index in [0.717, 1.165) is 32.1 Å². The molecule has 32 heavy (non-hydrogen) atoms. The van der Waals surface area contributed by atoms with Crippen molar-refractivity contribution in [3.8, 4) is 0 Å². The summed E-state index contributed by atoms with van der Waals surface area (Å²) in [6, 6.07) is 0. The maximum atomic E-state index is 12.1. The van der Waals surface area contributed by atoms with Gasteiger partial charge in [0.25, 0.3) is 0 Å². The molecular formula is C23H31IO8. The predicted octanol–water partition coefficient (Wildman–Crippen LogP) is 3.44. The van der Waals surface area contributed by atoms with E-state index in [1.807, 2.05) is 0 Å². The van der Waals surface area contributed by atoms with E-state index in [9.17, 15) is 14.4 Å². The second-order valence-corrected chi connectivity index (χ2v) is 10.7. The van der Waals surface area contributed by atoms with Crippen molar-refractivity contribution < 1.29 is 38.1 Å². The monoisotopic (exact) mass is 562 g/mol. The Morgan fingerprint density at radius 3 is 2.28 bits per heavy atom. The third-order valence-corrected chi connectivity index (χ3v) is 7.91. The summed E-state index contributed by atoms with van der Waals surface area (Å²) < 4.78 is 30.6. The maximum Gasteiger partial charge on any atom is 0.303 e. The SMILES string of the molecule is CC(=O)OC[C@H]1O[C@@H]2O[C@@H]3CC(I)=CC4(CCCCC4)[C@H]3[C@@H]2[C@@H](OC(C)=O)[C@@H]1OC(C)=O. The molecule has 0 aromatic carbocycles. The summed E-state index contributed by atoms with van der Waals surface area (Å²) in [6.45, 7) is 3.84. The molecule has 7 atom stereocenters. The number of rotatable bonds is 4. The van der Waals surface area contributed by atoms with Gasteiger partial charge in [0.2, 0.25) is 0 Å². The Morgan fingerprint density at radius 2 is 1.66 bits per heavy atom. The lowest BCUT2D eigenvalue weighted by Crippen LogP contribution is -2.60. The van der Waals surface area contributed by atoms with E-state index in [-0.39, 0.29) is 30.0 Å². The number of hydrogen-bond acceptors (Lipinski definition) is 8. The van der Waals surface area contributed by atoms with Gasteiger partial charge in [0.05, 0.1) is 12.0 Å². The van der Waals surface area contributed by atoms with Gasteiger partial charge in [-0.25, -0.2) is 0 Å². The highest BCUT2D eigenvalue weighted by atomic mass is 127. The molecule has 4 rings (SSSR count). The lowest BCUT2D eigenvalue weighted by molar-refractivity contribution is -0.274. The van der Waals surface area contributed by atoms with E-state index in [1.165, 1.54) is 30.8 Å². The van der Waals surface area contributed by atoms with Crippen LogP contribution in [0, 0.1) is 17.3 Å². The van der Waals surface area contributed by atoms with Gasteiger partial charge in [-0.3, -0.25) is 14.4 Å². The number of ether oxygens (including phenoxy) is 5. The zero-order valence-corrected chi connectivity index (χ0v) is 20.9. The van der Waals surface area contributed by atoms with Gasteiger partial charge in [-0.15, -0.1) is 0 Å². The average molecular weight is 562 g/mol. The highest BCUT2D eigenvalue weighted by molar-refractivity contribution is 14.1. The highest BCUT2D eigenvalue weighted by Gasteiger charge is 2.64. The molecule has 0 bridgehead atoms. The smallest absolute Gasteiger partial charge is 0.303 e. The van der Waals surface area contributed by atoms with Crippen LogP contribution in [0.5, 0.6) is 0 Å². The minimum absolute atomic E-state index is 0.0532. The minimum Gasteiger partial charge on any atom is -0.463 e. The van der Waals surface area contributed by atoms with Gasteiger partial charge in [-0.1, -0.05) is 25.3 Å². The molecule has 2 aliphatic heterocycles. The number of hydrogen-bond donors (Lipinski definition) is 0. The van der Waals surface area contributed by atoms with Gasteiger partial charge in [0, 0.05) is 33.1 Å². The fourth-order valence-electron chi connectivity index (χ4n) is 6.21. The van der Waals surface area contributed by atoms with Crippen molar-refractivity contribution in [3.05, 3.63) is 9.66 Å². The van der Waals surface area contributed by atoms with E-state index in [4.69, 9.17) is 23.7 Å². The normalized spacial score (nSPS) is 37.6. The minimum atomic E-state index is -0.884. The summed E-state index contributed by atoms with van der Waals surface area (Å²) in [7, 11) is 0. The van der Waals surface area contributed by atoms with Crippen LogP contribution in [0.4, 0.5) is 0 Å². The molecule has 0 aromatic heterocycles. The molecule has 9 heteroatoms. The summed E-state index contributed by atoms with van der Waals surface area (Å²) in [5.74, 6) is -1.63. The van der Waals surface area contributed by atoms with Crippen LogP contribution in [0.1, 0.15) is 59.3 Å². The molecule has 4 aliphatic rings. The zero-order chi connectivity index (χ0) is 23.0. The predicted molar refractivity (Wildman–Crippen MR) is 120 cm³/mol. The van der Waals surface area contributed by atoms with Gasteiger partial charge >= 0.3 is 17.9 Å². The van der Waals surface area contributed by atoms with Crippen molar-refractivity contribution in [2.75, 3.05) is 6.61 Å². The summed E-state index contributed by atoms with van der Waals surface area (Å²) >= 11 is 2.40. The molecule has 1 spiro atoms. The van der Waals surface area contributed by atoms with Crippen molar-refractivity contribution in [2.24, 2.45) is 17.3 Å². The van der Waals surface area contributed by atoms with E-state index in [2.05, 4.69) is 28.7 Å². The lowest BCUT2D eigenvalue weighted by atomic mass is 9.57. The topological polar surface area (TPSA) is 97.4 Å². The fraction of sp³-hybridized carbons (Fsp3) is 0.783. The third-order valence-electron chi connectivity index (χ3n) is 7.16. The molecule has 2 aliphatic carbocycles. The first-order chi connectivity index (χ1) is 15.2. The molecule has 1 saturated carbocycles. The fourth-order valence-corrected chi connectivity index (χ4v) is 7.26. The number of esters is 3. The Hall–Kier alpha value is -1.20. The van der Waals surface area contributed by atoms with Crippen LogP contribution < -0.4 is 0 Å². The van der Waals surface area contributed by atoms with E-state index in [0.29, 0.717) is 0 Å². The van der Waals surface area contributed by atoms with Gasteiger partial charge < -0.3 is 23.7 Å². The largest absolute Gasteiger partial charge is 0.463 e. The second kappa shape index (κ2) is 9.58. The Kier molecular flexibility index (Phi) is 7.17. The quantitative estimate of drug-likeness (QED) is 0.292. The number of carbonyl (C=O) groups is 3. The molecule has 0 radical (unpaired) electrons. The summed E-state index contributed by atoms with van der Waals surface area (Å²) in [4.78, 5) is 35.5. The second-order valence-electron chi connectivity index (χ2n) is 9.36. The molecular weight excluding hydrogens is 531 g/mol. The van der Waals surface area contributed by atoms with E-state index < -0.39 is 42.5 Å². The highest BCUT2D eigenvalue weighted by Crippen LogP contribution is 2.60. The van der Waals surface area contributed by atoms with Gasteiger partial charge in [0.1, 0.15) is 18.8 Å². The van der Waals surface area contributed by atoms with Gasteiger partial charge in [0.15, 0.2) is 12.4 Å². The van der Waals surface area contributed by atoms with Crippen LogP contribution in [0.3, 0.4) is 0 Å². The van der Waals surface area contributed by atoms with Gasteiger partial charge in [-0.2, -0.15) is 0 Å². The molecule has 0 aromatic rings. The molecule has 2 heterocycles. The molecule has 8 nitrogen and oxygen atoms in total. The van der Waals surface area contributed by atoms with Gasteiger partial charge in [-0.05, 0) is 44.4 Å². The molecule has 2 saturated heterocycles. The lowest BCUT2D eigenvalue weighted by Gasteiger charge is -2.50. The molecule has 3 fully saturated rings. The first kappa shape index (κ1) is 23.9. The molecule has 0 N–H and O–H groups in total. The zero-order valence-electron chi connectivity index (χ0n) is 18.7. The first-order valence-corrected chi connectivity index (χ1v) is 12.4. The molecule has 178 valence electrons. The number of allylic oxidation sites excluding steroid dienone is 1. The van der Waals surface area contributed by atoms with Crippen LogP contribution in [0.25, 0.3) is 0 Å². The summed E-state index contributed by atoms with van der Waals surface area (Å²) in [6.07, 6.45) is 5.67. The van der Waals surface area contributed by atoms with Crippen molar-refractivity contribution in [1.29, 1.82) is 0 Å². The van der Waals surface area contributed by atoms with E-state index >= 15 is 0 Å². The molecule has 0 amide bonds. The third kappa shape index (κ3) is 4.70. The van der Waals surface area contributed by atoms with E-state index in [1.54, 1.807) is 0 Å². The van der Waals surface area contributed by atoms with Crippen molar-refractivity contribution in [1.82, 2.24) is 0 Å². The maximum absolute atomic E-state index is 12.1. The van der Waals surface area contributed by atoms with Crippen LogP contribution in [0.15, 0.2) is 9.66 Å². The standard InChI is InChI=1S/C23H31IO8/c1-12(25)28-11-17-20(29-13(2)26)21(30-14(3)27)18-19-16(31-22(18)32-17)9-15(24)10-23(19)7-5-4-6-8-23/h10,16-22H,4-9,11H2,1-3H3/t16-,17-,18-,19-,20-,21-,22+/m1/s1. The number of fused-ring (bicyclic) bond motifs is 4. The van der Waals surface area contributed by atoms with Crippen LogP contribution in [-0.4, -0.2) is 55.2 Å². The molecule has 0 unspecified atom stereocenters. The Bertz CT molecular complexity index is 789. The summed E-state index contributed by atoms with van der Waals surface area (Å²) in [5.41, 5.74) is -0.0532. The Balaban J connectivity index is 1.72. The van der Waals surface area contributed by atoms with Crippen LogP contribution in [0.2, 0.25) is 0 Å². The summed E-state index contributed by atoms with van der Waals surface area (Å²) in [5, 5.41) is 0. The van der Waals surface area contributed by atoms with Crippen molar-refractivity contribution in [2.45, 2.75) is 90.0 Å². The number of carbonyl (C=O) groups excluding carboxylic acids is 3. The first-order valence-electron chi connectivity index (χ1n) is 11.4. The van der Waals surface area contributed by atoms with Crippen molar-refractivity contribution >= 4 is 40.5 Å². The number of halogens is 1. The van der Waals surface area contributed by atoms with Crippen LogP contribution >= 0.6 is 22.6 Å². The Morgan fingerprint density at radius 1 is 1.00 bits per heavy atom. The Labute approximate surface area is 201 Å².